The highest BCUT2D eigenvalue weighted by Crippen LogP contribution is 2.15. The molecule has 0 radical (unpaired) electrons. The molecule has 1 aromatic carbocycles. The fourth-order valence-electron chi connectivity index (χ4n) is 1.48. The van der Waals surface area contributed by atoms with E-state index in [2.05, 4.69) is 4.98 Å². The van der Waals surface area contributed by atoms with Crippen LogP contribution in [0.4, 0.5) is 0 Å². The summed E-state index contributed by atoms with van der Waals surface area (Å²) in [4.78, 5) is 14.6. The molecular weight excluding hydrogens is 274 g/mol. The van der Waals surface area contributed by atoms with Crippen molar-refractivity contribution in [3.05, 3.63) is 52.7 Å². The van der Waals surface area contributed by atoms with Gasteiger partial charge in [0.2, 0.25) is 5.78 Å². The van der Waals surface area contributed by atoms with Crippen LogP contribution in [0.1, 0.15) is 16.1 Å². The first kappa shape index (κ1) is 12.9. The van der Waals surface area contributed by atoms with Crippen molar-refractivity contribution in [2.75, 3.05) is 6.26 Å². The summed E-state index contributed by atoms with van der Waals surface area (Å²) in [6.45, 7) is 0. The molecule has 0 bridgehead atoms. The normalized spacial score (nSPS) is 11.4. The van der Waals surface area contributed by atoms with E-state index in [1.54, 1.807) is 24.3 Å². The summed E-state index contributed by atoms with van der Waals surface area (Å²) in [6.07, 6.45) is 1.08. The molecular formula is C12H10ClNO3S. The molecule has 0 saturated heterocycles. The molecule has 2 aromatic rings. The third kappa shape index (κ3) is 2.63. The number of aromatic nitrogens is 1. The standard InChI is InChI=1S/C12H10ClNO3S/c1-18(16,17)11-7-6-10(14-11)12(15)8-2-4-9(13)5-3-8/h2-7,14H,1H3. The number of nitrogens with one attached hydrogen (secondary N) is 1. The molecule has 2 rings (SSSR count). The summed E-state index contributed by atoms with van der Waals surface area (Å²) < 4.78 is 22.6. The van der Waals surface area contributed by atoms with Crippen LogP contribution in [0.25, 0.3) is 0 Å². The first-order valence-electron chi connectivity index (χ1n) is 5.07. The predicted octanol–water partition coefficient (Wildman–Crippen LogP) is 2.30. The zero-order valence-corrected chi connectivity index (χ0v) is 11.0. The number of ketones is 1. The zero-order chi connectivity index (χ0) is 13.3. The van der Waals surface area contributed by atoms with Gasteiger partial charge in [-0.1, -0.05) is 11.6 Å². The fraction of sp³-hybridized carbons (Fsp3) is 0.0833. The molecule has 6 heteroatoms. The van der Waals surface area contributed by atoms with Gasteiger partial charge in [0.15, 0.2) is 9.84 Å². The first-order valence-corrected chi connectivity index (χ1v) is 7.34. The summed E-state index contributed by atoms with van der Waals surface area (Å²) in [7, 11) is -3.33. The van der Waals surface area contributed by atoms with Crippen LogP contribution in [0, 0.1) is 0 Å². The van der Waals surface area contributed by atoms with E-state index in [1.165, 1.54) is 12.1 Å². The van der Waals surface area contributed by atoms with E-state index in [9.17, 15) is 13.2 Å². The van der Waals surface area contributed by atoms with Gasteiger partial charge >= 0.3 is 0 Å². The van der Waals surface area contributed by atoms with Gasteiger partial charge in [0.25, 0.3) is 0 Å². The van der Waals surface area contributed by atoms with Gasteiger partial charge in [-0.3, -0.25) is 4.79 Å². The van der Waals surface area contributed by atoms with Crippen molar-refractivity contribution in [2.45, 2.75) is 5.03 Å². The molecule has 0 aliphatic carbocycles. The number of hydrogen-bond acceptors (Lipinski definition) is 3. The van der Waals surface area contributed by atoms with Crippen LogP contribution in [0.3, 0.4) is 0 Å². The second-order valence-electron chi connectivity index (χ2n) is 3.84. The highest BCUT2D eigenvalue weighted by atomic mass is 35.5. The SMILES string of the molecule is CS(=O)(=O)c1ccc(C(=O)c2ccc(Cl)cc2)[nH]1. The molecule has 0 atom stereocenters. The van der Waals surface area contributed by atoms with Crippen molar-refractivity contribution < 1.29 is 13.2 Å². The van der Waals surface area contributed by atoms with Gasteiger partial charge in [-0.05, 0) is 36.4 Å². The number of rotatable bonds is 3. The van der Waals surface area contributed by atoms with Gasteiger partial charge in [0.05, 0.1) is 5.69 Å². The number of H-pyrrole nitrogens is 1. The number of benzene rings is 1. The molecule has 0 amide bonds. The smallest absolute Gasteiger partial charge is 0.209 e. The lowest BCUT2D eigenvalue weighted by Gasteiger charge is -1.99. The highest BCUT2D eigenvalue weighted by molar-refractivity contribution is 7.90. The average Bonchev–Trinajstić information content (AvgIpc) is 2.78. The first-order chi connectivity index (χ1) is 8.38. The molecule has 1 aromatic heterocycles. The van der Waals surface area contributed by atoms with Crippen LogP contribution in [-0.4, -0.2) is 25.4 Å². The quantitative estimate of drug-likeness (QED) is 0.879. The van der Waals surface area contributed by atoms with Crippen molar-refractivity contribution in [3.63, 3.8) is 0 Å². The molecule has 94 valence electrons. The molecule has 0 unspecified atom stereocenters. The summed E-state index contributed by atoms with van der Waals surface area (Å²) in [6, 6.07) is 9.22. The molecule has 0 spiro atoms. The van der Waals surface area contributed by atoms with Crippen LogP contribution in [0.2, 0.25) is 5.02 Å². The Morgan fingerprint density at radius 2 is 1.72 bits per heavy atom. The lowest BCUT2D eigenvalue weighted by molar-refractivity contribution is 0.103. The van der Waals surface area contributed by atoms with E-state index in [4.69, 9.17) is 11.6 Å². The minimum absolute atomic E-state index is 0.0276. The van der Waals surface area contributed by atoms with Crippen molar-refractivity contribution in [2.24, 2.45) is 0 Å². The Morgan fingerprint density at radius 3 is 2.22 bits per heavy atom. The van der Waals surface area contributed by atoms with Crippen molar-refractivity contribution in [1.29, 1.82) is 0 Å². The van der Waals surface area contributed by atoms with E-state index in [1.807, 2.05) is 0 Å². The number of carbonyl (C=O) groups is 1. The predicted molar refractivity (Wildman–Crippen MR) is 68.8 cm³/mol. The van der Waals surface area contributed by atoms with Crippen LogP contribution in [0.5, 0.6) is 0 Å². The Labute approximate surface area is 110 Å². The third-order valence-corrected chi connectivity index (χ3v) is 3.70. The summed E-state index contributed by atoms with van der Waals surface area (Å²) in [5.74, 6) is -0.276. The Bertz CT molecular complexity index is 686. The maximum atomic E-state index is 12.0. The molecule has 0 aliphatic heterocycles. The second kappa shape index (κ2) is 4.59. The average molecular weight is 284 g/mol. The van der Waals surface area contributed by atoms with Gasteiger partial charge < -0.3 is 4.98 Å². The lowest BCUT2D eigenvalue weighted by atomic mass is 10.1. The number of halogens is 1. The number of carbonyl (C=O) groups excluding carboxylic acids is 1. The van der Waals surface area contributed by atoms with E-state index < -0.39 is 9.84 Å². The molecule has 0 aliphatic rings. The van der Waals surface area contributed by atoms with Crippen molar-refractivity contribution in [1.82, 2.24) is 4.98 Å². The Kier molecular flexibility index (Phi) is 3.28. The van der Waals surface area contributed by atoms with Crippen LogP contribution < -0.4 is 0 Å². The van der Waals surface area contributed by atoms with E-state index >= 15 is 0 Å². The number of sulfone groups is 1. The van der Waals surface area contributed by atoms with E-state index in [-0.39, 0.29) is 16.5 Å². The summed E-state index contributed by atoms with van der Waals surface area (Å²) >= 11 is 5.73. The van der Waals surface area contributed by atoms with E-state index in [0.29, 0.717) is 10.6 Å². The second-order valence-corrected chi connectivity index (χ2v) is 6.27. The lowest BCUT2D eigenvalue weighted by Crippen LogP contribution is -2.03. The van der Waals surface area contributed by atoms with Crippen molar-refractivity contribution in [3.8, 4) is 0 Å². The molecule has 18 heavy (non-hydrogen) atoms. The molecule has 0 fully saturated rings. The van der Waals surface area contributed by atoms with Gasteiger partial charge in [-0.2, -0.15) is 0 Å². The summed E-state index contributed by atoms with van der Waals surface area (Å²) in [5, 5.41) is 0.565. The molecule has 1 N–H and O–H groups in total. The van der Waals surface area contributed by atoms with E-state index in [0.717, 1.165) is 6.26 Å². The van der Waals surface area contributed by atoms with Gasteiger partial charge in [0, 0.05) is 16.8 Å². The maximum absolute atomic E-state index is 12.0. The minimum atomic E-state index is -3.33. The highest BCUT2D eigenvalue weighted by Gasteiger charge is 2.15. The topological polar surface area (TPSA) is 67.0 Å². The van der Waals surface area contributed by atoms with Crippen LogP contribution >= 0.6 is 11.6 Å². The van der Waals surface area contributed by atoms with Gasteiger partial charge in [0.1, 0.15) is 5.03 Å². The Hall–Kier alpha value is -1.59. The Morgan fingerprint density at radius 1 is 1.11 bits per heavy atom. The van der Waals surface area contributed by atoms with Gasteiger partial charge in [-0.25, -0.2) is 8.42 Å². The molecule has 4 nitrogen and oxygen atoms in total. The van der Waals surface area contributed by atoms with Crippen molar-refractivity contribution >= 4 is 27.2 Å². The maximum Gasteiger partial charge on any atom is 0.209 e. The Balaban J connectivity index is 2.35. The zero-order valence-electron chi connectivity index (χ0n) is 9.48. The number of hydrogen-bond donors (Lipinski definition) is 1. The largest absolute Gasteiger partial charge is 0.343 e. The van der Waals surface area contributed by atoms with Crippen LogP contribution in [0.15, 0.2) is 41.4 Å². The number of aromatic amines is 1. The monoisotopic (exact) mass is 283 g/mol. The molecule has 0 saturated carbocycles. The third-order valence-electron chi connectivity index (χ3n) is 2.41. The van der Waals surface area contributed by atoms with Gasteiger partial charge in [-0.15, -0.1) is 0 Å². The van der Waals surface area contributed by atoms with Crippen LogP contribution in [-0.2, 0) is 9.84 Å². The minimum Gasteiger partial charge on any atom is -0.343 e. The summed E-state index contributed by atoms with van der Waals surface area (Å²) in [5.41, 5.74) is 0.680. The fourth-order valence-corrected chi connectivity index (χ4v) is 2.22. The molecule has 1 heterocycles.